The molecule has 18 heavy (non-hydrogen) atoms. The number of nitrogens with one attached hydrogen (secondary N) is 1. The average molecular weight is 311 g/mol. The first-order valence-electron chi connectivity index (χ1n) is 5.42. The molecule has 1 heterocycles. The number of pyridine rings is 1. The van der Waals surface area contributed by atoms with Crippen LogP contribution in [0, 0.1) is 5.82 Å². The van der Waals surface area contributed by atoms with E-state index in [0.29, 0.717) is 17.9 Å². The Morgan fingerprint density at radius 2 is 2.00 bits per heavy atom. The quantitative estimate of drug-likeness (QED) is 0.938. The molecule has 0 saturated heterocycles. The molecule has 0 radical (unpaired) electrons. The van der Waals surface area contributed by atoms with E-state index in [1.165, 1.54) is 6.20 Å². The predicted octanol–water partition coefficient (Wildman–Crippen LogP) is 3.49. The molecule has 3 nitrogen and oxygen atoms in total. The Labute approximate surface area is 113 Å². The van der Waals surface area contributed by atoms with E-state index in [1.807, 2.05) is 12.1 Å². The van der Waals surface area contributed by atoms with Crippen molar-refractivity contribution in [1.82, 2.24) is 10.3 Å². The van der Waals surface area contributed by atoms with Crippen LogP contribution in [-0.4, -0.2) is 12.0 Å². The number of halogens is 2. The number of nitrogens with zero attached hydrogens (tertiary/aromatic N) is 1. The van der Waals surface area contributed by atoms with Crippen molar-refractivity contribution in [2.24, 2.45) is 0 Å². The highest BCUT2D eigenvalue weighted by atomic mass is 79.9. The van der Waals surface area contributed by atoms with Crippen LogP contribution in [0.3, 0.4) is 0 Å². The summed E-state index contributed by atoms with van der Waals surface area (Å²) in [5, 5.41) is 2.89. The van der Waals surface area contributed by atoms with Gasteiger partial charge in [0.15, 0.2) is 5.82 Å². The van der Waals surface area contributed by atoms with E-state index in [4.69, 9.17) is 4.74 Å². The largest absolute Gasteiger partial charge is 0.436 e. The van der Waals surface area contributed by atoms with Gasteiger partial charge in [-0.1, -0.05) is 15.9 Å². The van der Waals surface area contributed by atoms with E-state index in [2.05, 4.69) is 26.2 Å². The van der Waals surface area contributed by atoms with Crippen LogP contribution in [-0.2, 0) is 6.54 Å². The minimum absolute atomic E-state index is 0.00919. The minimum Gasteiger partial charge on any atom is -0.436 e. The van der Waals surface area contributed by atoms with Crippen LogP contribution in [0.1, 0.15) is 5.56 Å². The van der Waals surface area contributed by atoms with Gasteiger partial charge < -0.3 is 10.1 Å². The second kappa shape index (κ2) is 5.93. The molecule has 0 aliphatic rings. The highest BCUT2D eigenvalue weighted by molar-refractivity contribution is 9.10. The molecule has 1 aromatic carbocycles. The van der Waals surface area contributed by atoms with E-state index in [9.17, 15) is 4.39 Å². The van der Waals surface area contributed by atoms with Crippen LogP contribution in [0.25, 0.3) is 0 Å². The average Bonchev–Trinajstić information content (AvgIpc) is 2.37. The number of hydrogen-bond donors (Lipinski definition) is 1. The normalized spacial score (nSPS) is 10.4. The Bertz CT molecular complexity index is 531. The molecule has 0 atom stereocenters. The molecular formula is C13H12BrFN2O. The van der Waals surface area contributed by atoms with Crippen molar-refractivity contribution in [2.75, 3.05) is 7.05 Å². The highest BCUT2D eigenvalue weighted by Crippen LogP contribution is 2.25. The SMILES string of the molecule is CNCc1ccnc(Oc2ccc(Br)cc2)c1F. The smallest absolute Gasteiger partial charge is 0.256 e. The summed E-state index contributed by atoms with van der Waals surface area (Å²) in [7, 11) is 1.76. The van der Waals surface area contributed by atoms with Crippen molar-refractivity contribution >= 4 is 15.9 Å². The zero-order valence-corrected chi connectivity index (χ0v) is 11.4. The van der Waals surface area contributed by atoms with Gasteiger partial charge in [-0.15, -0.1) is 0 Å². The number of ether oxygens (including phenoxy) is 1. The standard InChI is InChI=1S/C13H12BrFN2O/c1-16-8-9-6-7-17-13(12(9)15)18-11-4-2-10(14)3-5-11/h2-7,16H,8H2,1H3. The predicted molar refractivity (Wildman–Crippen MR) is 71.2 cm³/mol. The van der Waals surface area contributed by atoms with E-state index in [1.54, 1.807) is 25.2 Å². The molecule has 5 heteroatoms. The van der Waals surface area contributed by atoms with E-state index >= 15 is 0 Å². The summed E-state index contributed by atoms with van der Waals surface area (Å²) in [6.45, 7) is 0.436. The van der Waals surface area contributed by atoms with Crippen molar-refractivity contribution in [1.29, 1.82) is 0 Å². The fraction of sp³-hybridized carbons (Fsp3) is 0.154. The zero-order chi connectivity index (χ0) is 13.0. The molecule has 0 unspecified atom stereocenters. The first-order chi connectivity index (χ1) is 8.70. The first kappa shape index (κ1) is 13.0. The molecule has 0 spiro atoms. The highest BCUT2D eigenvalue weighted by Gasteiger charge is 2.10. The molecule has 1 aromatic heterocycles. The number of aromatic nitrogens is 1. The van der Waals surface area contributed by atoms with Crippen molar-refractivity contribution < 1.29 is 9.13 Å². The Morgan fingerprint density at radius 1 is 1.28 bits per heavy atom. The molecule has 2 rings (SSSR count). The lowest BCUT2D eigenvalue weighted by atomic mass is 10.2. The van der Waals surface area contributed by atoms with Gasteiger partial charge in [0.2, 0.25) is 0 Å². The lowest BCUT2D eigenvalue weighted by Gasteiger charge is -2.08. The van der Waals surface area contributed by atoms with Crippen LogP contribution < -0.4 is 10.1 Å². The Hall–Kier alpha value is -1.46. The maximum absolute atomic E-state index is 14.0. The molecule has 0 amide bonds. The van der Waals surface area contributed by atoms with Crippen molar-refractivity contribution in [3.63, 3.8) is 0 Å². The van der Waals surface area contributed by atoms with Crippen LogP contribution in [0.15, 0.2) is 41.0 Å². The molecular weight excluding hydrogens is 299 g/mol. The van der Waals surface area contributed by atoms with E-state index in [0.717, 1.165) is 4.47 Å². The van der Waals surface area contributed by atoms with Crippen molar-refractivity contribution in [3.8, 4) is 11.6 Å². The van der Waals surface area contributed by atoms with Gasteiger partial charge in [-0.05, 0) is 37.4 Å². The lowest BCUT2D eigenvalue weighted by Crippen LogP contribution is -2.08. The number of benzene rings is 1. The number of rotatable bonds is 4. The minimum atomic E-state index is -0.435. The third kappa shape index (κ3) is 3.05. The fourth-order valence-electron chi connectivity index (χ4n) is 1.47. The molecule has 0 fully saturated rings. The van der Waals surface area contributed by atoms with Crippen molar-refractivity contribution in [2.45, 2.75) is 6.54 Å². The topological polar surface area (TPSA) is 34.2 Å². The van der Waals surface area contributed by atoms with Gasteiger partial charge in [0, 0.05) is 22.8 Å². The maximum atomic E-state index is 14.0. The fourth-order valence-corrected chi connectivity index (χ4v) is 1.74. The Kier molecular flexibility index (Phi) is 4.28. The second-order valence-corrected chi connectivity index (χ2v) is 4.59. The molecule has 0 aliphatic heterocycles. The van der Waals surface area contributed by atoms with E-state index < -0.39 is 5.82 Å². The third-order valence-corrected chi connectivity index (χ3v) is 2.86. The van der Waals surface area contributed by atoms with Gasteiger partial charge >= 0.3 is 0 Å². The molecule has 1 N–H and O–H groups in total. The molecule has 94 valence electrons. The summed E-state index contributed by atoms with van der Waals surface area (Å²) in [5.74, 6) is 0.103. The Balaban J connectivity index is 2.23. The Morgan fingerprint density at radius 3 is 2.67 bits per heavy atom. The van der Waals surface area contributed by atoms with Gasteiger partial charge in [-0.2, -0.15) is 0 Å². The van der Waals surface area contributed by atoms with Gasteiger partial charge in [-0.25, -0.2) is 9.37 Å². The lowest BCUT2D eigenvalue weighted by molar-refractivity contribution is 0.418. The van der Waals surface area contributed by atoms with Crippen LogP contribution in [0.2, 0.25) is 0 Å². The summed E-state index contributed by atoms with van der Waals surface area (Å²) in [5.41, 5.74) is 0.527. The second-order valence-electron chi connectivity index (χ2n) is 3.68. The monoisotopic (exact) mass is 310 g/mol. The molecule has 0 bridgehead atoms. The molecule has 0 saturated carbocycles. The summed E-state index contributed by atoms with van der Waals surface area (Å²) < 4.78 is 20.3. The zero-order valence-electron chi connectivity index (χ0n) is 9.78. The van der Waals surface area contributed by atoms with Gasteiger partial charge in [0.05, 0.1) is 0 Å². The summed E-state index contributed by atoms with van der Waals surface area (Å²) in [4.78, 5) is 3.90. The van der Waals surface area contributed by atoms with Crippen LogP contribution in [0.4, 0.5) is 4.39 Å². The van der Waals surface area contributed by atoms with Crippen LogP contribution >= 0.6 is 15.9 Å². The molecule has 0 aliphatic carbocycles. The summed E-state index contributed by atoms with van der Waals surface area (Å²) in [6, 6.07) is 8.77. The number of hydrogen-bond acceptors (Lipinski definition) is 3. The summed E-state index contributed by atoms with van der Waals surface area (Å²) in [6.07, 6.45) is 1.53. The van der Waals surface area contributed by atoms with Gasteiger partial charge in [0.25, 0.3) is 5.88 Å². The maximum Gasteiger partial charge on any atom is 0.256 e. The first-order valence-corrected chi connectivity index (χ1v) is 6.21. The summed E-state index contributed by atoms with van der Waals surface area (Å²) >= 11 is 3.32. The van der Waals surface area contributed by atoms with Crippen molar-refractivity contribution in [3.05, 3.63) is 52.4 Å². The van der Waals surface area contributed by atoms with Crippen LogP contribution in [0.5, 0.6) is 11.6 Å². The van der Waals surface area contributed by atoms with E-state index in [-0.39, 0.29) is 5.88 Å². The van der Waals surface area contributed by atoms with Gasteiger partial charge in [0.1, 0.15) is 5.75 Å². The molecule has 2 aromatic rings. The third-order valence-electron chi connectivity index (χ3n) is 2.33. The van der Waals surface area contributed by atoms with Gasteiger partial charge in [-0.3, -0.25) is 0 Å².